The topological polar surface area (TPSA) is 134 Å². The largest absolute Gasteiger partial charge is 0.493 e. The molecule has 2 heterocycles. The zero-order valence-corrected chi connectivity index (χ0v) is 18.4. The van der Waals surface area contributed by atoms with Gasteiger partial charge in [-0.1, -0.05) is 0 Å². The summed E-state index contributed by atoms with van der Waals surface area (Å²) in [5.41, 5.74) is 1.88. The first-order valence-electron chi connectivity index (χ1n) is 9.42. The standard InChI is InChI=1S/C21H22N4O6S/c1-28-17-10-14(11-18(29-2)20(17)30-3)24-21(25-16-8-9-23-12-19(16)31-21)13-4-6-15(7-5-13)32(22,26)27/h4-12,24-25H,1-3H3,(H2,22,26,27). The van der Waals surface area contributed by atoms with Crippen LogP contribution in [0.3, 0.4) is 0 Å². The molecule has 168 valence electrons. The second-order valence-electron chi connectivity index (χ2n) is 6.89. The van der Waals surface area contributed by atoms with E-state index in [4.69, 9.17) is 24.1 Å². The number of nitrogens with zero attached hydrogens (tertiary/aromatic N) is 1. The predicted molar refractivity (Wildman–Crippen MR) is 118 cm³/mol. The van der Waals surface area contributed by atoms with Gasteiger partial charge < -0.3 is 29.6 Å². The smallest absolute Gasteiger partial charge is 0.287 e. The molecule has 2 aromatic carbocycles. The summed E-state index contributed by atoms with van der Waals surface area (Å²) >= 11 is 0. The number of hydrogen-bond acceptors (Lipinski definition) is 9. The fraction of sp³-hybridized carbons (Fsp3) is 0.190. The molecule has 3 aromatic rings. The van der Waals surface area contributed by atoms with E-state index in [0.717, 1.165) is 0 Å². The van der Waals surface area contributed by atoms with Crippen molar-refractivity contribution in [2.45, 2.75) is 10.7 Å². The quantitative estimate of drug-likeness (QED) is 0.488. The third-order valence-corrected chi connectivity index (χ3v) is 5.86. The van der Waals surface area contributed by atoms with E-state index < -0.39 is 15.9 Å². The van der Waals surface area contributed by atoms with Gasteiger partial charge in [0.2, 0.25) is 15.8 Å². The zero-order chi connectivity index (χ0) is 22.9. The fourth-order valence-electron chi connectivity index (χ4n) is 3.44. The lowest BCUT2D eigenvalue weighted by Crippen LogP contribution is -2.45. The van der Waals surface area contributed by atoms with Crippen LogP contribution in [0.1, 0.15) is 5.56 Å². The molecule has 0 saturated heterocycles. The minimum Gasteiger partial charge on any atom is -0.493 e. The van der Waals surface area contributed by atoms with Gasteiger partial charge in [0, 0.05) is 29.6 Å². The number of benzene rings is 2. The van der Waals surface area contributed by atoms with E-state index in [2.05, 4.69) is 15.6 Å². The zero-order valence-electron chi connectivity index (χ0n) is 17.6. The Morgan fingerprint density at radius 2 is 1.69 bits per heavy atom. The number of sulfonamides is 1. The maximum atomic E-state index is 11.7. The molecule has 0 saturated carbocycles. The first-order chi connectivity index (χ1) is 15.3. The fourth-order valence-corrected chi connectivity index (χ4v) is 3.96. The van der Waals surface area contributed by atoms with Gasteiger partial charge in [0.15, 0.2) is 17.2 Å². The van der Waals surface area contributed by atoms with E-state index in [-0.39, 0.29) is 4.90 Å². The van der Waals surface area contributed by atoms with Crippen LogP contribution in [0, 0.1) is 0 Å². The highest BCUT2D eigenvalue weighted by atomic mass is 32.2. The highest BCUT2D eigenvalue weighted by molar-refractivity contribution is 7.89. The second kappa shape index (κ2) is 8.09. The number of methoxy groups -OCH3 is 3. The summed E-state index contributed by atoms with van der Waals surface area (Å²) in [6.07, 6.45) is 3.22. The van der Waals surface area contributed by atoms with Crippen molar-refractivity contribution < 1.29 is 27.4 Å². The molecular weight excluding hydrogens is 436 g/mol. The average molecular weight is 458 g/mol. The highest BCUT2D eigenvalue weighted by Crippen LogP contribution is 2.45. The van der Waals surface area contributed by atoms with Gasteiger partial charge in [-0.15, -0.1) is 0 Å². The van der Waals surface area contributed by atoms with E-state index >= 15 is 0 Å². The molecule has 1 atom stereocenters. The monoisotopic (exact) mass is 458 g/mol. The Bertz CT molecular complexity index is 1200. The van der Waals surface area contributed by atoms with Gasteiger partial charge in [0.05, 0.1) is 38.1 Å². The number of primary sulfonamides is 1. The van der Waals surface area contributed by atoms with Crippen molar-refractivity contribution in [1.82, 2.24) is 4.98 Å². The molecule has 1 aliphatic heterocycles. The first kappa shape index (κ1) is 21.5. The van der Waals surface area contributed by atoms with Gasteiger partial charge >= 0.3 is 0 Å². The van der Waals surface area contributed by atoms with Gasteiger partial charge in [-0.2, -0.15) is 0 Å². The van der Waals surface area contributed by atoms with Crippen molar-refractivity contribution in [2.75, 3.05) is 32.0 Å². The molecule has 1 unspecified atom stereocenters. The summed E-state index contributed by atoms with van der Waals surface area (Å²) in [5.74, 6) is 0.577. The highest BCUT2D eigenvalue weighted by Gasteiger charge is 2.41. The number of rotatable bonds is 7. The Morgan fingerprint density at radius 1 is 1.03 bits per heavy atom. The molecule has 4 rings (SSSR count). The van der Waals surface area contributed by atoms with E-state index in [1.165, 1.54) is 33.5 Å². The summed E-state index contributed by atoms with van der Waals surface area (Å²) in [4.78, 5) is 4.09. The molecule has 0 spiro atoms. The maximum Gasteiger partial charge on any atom is 0.287 e. The van der Waals surface area contributed by atoms with Crippen LogP contribution >= 0.6 is 0 Å². The number of pyridine rings is 1. The number of ether oxygens (including phenoxy) is 4. The molecule has 4 N–H and O–H groups in total. The normalized spacial score (nSPS) is 17.0. The number of fused-ring (bicyclic) bond motifs is 1. The Balaban J connectivity index is 1.80. The Morgan fingerprint density at radius 3 is 2.22 bits per heavy atom. The molecule has 1 aromatic heterocycles. The molecular formula is C21H22N4O6S. The van der Waals surface area contributed by atoms with Gasteiger partial charge in [-0.3, -0.25) is 4.98 Å². The van der Waals surface area contributed by atoms with Crippen LogP contribution in [-0.2, 0) is 15.9 Å². The van der Waals surface area contributed by atoms with Crippen LogP contribution in [0.4, 0.5) is 11.4 Å². The number of hydrogen-bond donors (Lipinski definition) is 3. The van der Waals surface area contributed by atoms with Gasteiger partial charge in [0.1, 0.15) is 0 Å². The first-order valence-corrected chi connectivity index (χ1v) is 11.0. The third kappa shape index (κ3) is 3.83. The van der Waals surface area contributed by atoms with Gasteiger partial charge in [0.25, 0.3) is 5.85 Å². The molecule has 11 heteroatoms. The SMILES string of the molecule is COc1cc(NC2(c3ccc(S(N)(=O)=O)cc3)Nc3ccncc3O2)cc(OC)c1OC. The summed E-state index contributed by atoms with van der Waals surface area (Å²) < 4.78 is 45.9. The van der Waals surface area contributed by atoms with Crippen LogP contribution in [0.25, 0.3) is 0 Å². The number of aromatic nitrogens is 1. The Hall–Kier alpha value is -3.70. The molecule has 1 aliphatic rings. The molecule has 0 radical (unpaired) electrons. The van der Waals surface area contributed by atoms with Crippen LogP contribution in [0.2, 0.25) is 0 Å². The van der Waals surface area contributed by atoms with Crippen molar-refractivity contribution >= 4 is 21.4 Å². The van der Waals surface area contributed by atoms with Gasteiger partial charge in [-0.05, 0) is 30.3 Å². The minimum atomic E-state index is -3.84. The van der Waals surface area contributed by atoms with E-state index in [1.807, 2.05) is 0 Å². The Labute approximate surface area is 185 Å². The second-order valence-corrected chi connectivity index (χ2v) is 8.45. The minimum absolute atomic E-state index is 0.0126. The number of nitrogens with one attached hydrogen (secondary N) is 2. The molecule has 10 nitrogen and oxygen atoms in total. The van der Waals surface area contributed by atoms with Crippen LogP contribution in [0.15, 0.2) is 59.8 Å². The lowest BCUT2D eigenvalue weighted by atomic mass is 10.1. The molecule has 0 fully saturated rings. The van der Waals surface area contributed by atoms with Crippen molar-refractivity contribution in [1.29, 1.82) is 0 Å². The van der Waals surface area contributed by atoms with Crippen molar-refractivity contribution in [2.24, 2.45) is 5.14 Å². The van der Waals surface area contributed by atoms with Gasteiger partial charge in [-0.25, -0.2) is 13.6 Å². The summed E-state index contributed by atoms with van der Waals surface area (Å²) in [6.45, 7) is 0. The maximum absolute atomic E-state index is 11.7. The van der Waals surface area contributed by atoms with E-state index in [1.54, 1.807) is 42.7 Å². The predicted octanol–water partition coefficient (Wildman–Crippen LogP) is 2.48. The van der Waals surface area contributed by atoms with Crippen LogP contribution in [0.5, 0.6) is 23.0 Å². The number of nitrogens with two attached hydrogens (primary N) is 1. The van der Waals surface area contributed by atoms with Crippen LogP contribution < -0.4 is 34.7 Å². The van der Waals surface area contributed by atoms with E-state index in [9.17, 15) is 8.42 Å². The molecule has 0 amide bonds. The number of anilines is 2. The van der Waals surface area contributed by atoms with Crippen molar-refractivity contribution in [3.8, 4) is 23.0 Å². The van der Waals surface area contributed by atoms with Crippen LogP contribution in [-0.4, -0.2) is 34.7 Å². The summed E-state index contributed by atoms with van der Waals surface area (Å²) in [7, 11) is 0.726. The van der Waals surface area contributed by atoms with E-state index in [0.29, 0.717) is 39.9 Å². The van der Waals surface area contributed by atoms with Crippen molar-refractivity contribution in [3.63, 3.8) is 0 Å². The molecule has 32 heavy (non-hydrogen) atoms. The summed E-state index contributed by atoms with van der Waals surface area (Å²) in [6, 6.07) is 11.3. The summed E-state index contributed by atoms with van der Waals surface area (Å²) in [5, 5.41) is 11.9. The average Bonchev–Trinajstić information content (AvgIpc) is 3.17. The molecule has 0 bridgehead atoms. The molecule has 0 aliphatic carbocycles. The Kier molecular flexibility index (Phi) is 5.45. The lowest BCUT2D eigenvalue weighted by Gasteiger charge is -2.32. The lowest BCUT2D eigenvalue weighted by molar-refractivity contribution is 0.150. The third-order valence-electron chi connectivity index (χ3n) is 4.93. The van der Waals surface area contributed by atoms with Crippen molar-refractivity contribution in [3.05, 3.63) is 60.4 Å².